The zero-order valence-electron chi connectivity index (χ0n) is 10.6. The lowest BCUT2D eigenvalue weighted by Gasteiger charge is -2.23. The van der Waals surface area contributed by atoms with Crippen LogP contribution in [0.2, 0.25) is 0 Å². The largest absolute Gasteiger partial charge is 0.459 e. The fourth-order valence-electron chi connectivity index (χ4n) is 1.92. The van der Waals surface area contributed by atoms with Gasteiger partial charge in [-0.3, -0.25) is 9.69 Å². The van der Waals surface area contributed by atoms with Gasteiger partial charge in [0.05, 0.1) is 6.54 Å². The summed E-state index contributed by atoms with van der Waals surface area (Å²) in [7, 11) is 0. The summed E-state index contributed by atoms with van der Waals surface area (Å²) in [6, 6.07) is 0. The van der Waals surface area contributed by atoms with Crippen LogP contribution >= 0.6 is 0 Å². The summed E-state index contributed by atoms with van der Waals surface area (Å²) in [6.07, 6.45) is 1.16. The molecule has 0 bridgehead atoms. The van der Waals surface area contributed by atoms with E-state index in [-0.39, 0.29) is 11.6 Å². The minimum absolute atomic E-state index is 0.111. The Balaban J connectivity index is 2.34. The van der Waals surface area contributed by atoms with Gasteiger partial charge < -0.3 is 4.74 Å². The average molecular weight is 213 g/mol. The van der Waals surface area contributed by atoms with Gasteiger partial charge in [-0.15, -0.1) is 0 Å². The third kappa shape index (κ3) is 4.65. The van der Waals surface area contributed by atoms with Gasteiger partial charge in [0.1, 0.15) is 5.60 Å². The zero-order valence-corrected chi connectivity index (χ0v) is 10.6. The summed E-state index contributed by atoms with van der Waals surface area (Å²) in [5, 5.41) is 0. The Bertz CT molecular complexity index is 240. The van der Waals surface area contributed by atoms with E-state index in [0.29, 0.717) is 12.0 Å². The third-order valence-corrected chi connectivity index (χ3v) is 2.53. The van der Waals surface area contributed by atoms with Gasteiger partial charge >= 0.3 is 5.97 Å². The molecule has 1 heterocycles. The molecule has 1 saturated heterocycles. The van der Waals surface area contributed by atoms with Crippen LogP contribution in [-0.4, -0.2) is 36.1 Å². The molecule has 1 fully saturated rings. The first kappa shape index (κ1) is 12.5. The molecule has 1 aliphatic rings. The van der Waals surface area contributed by atoms with E-state index in [2.05, 4.69) is 18.7 Å². The Morgan fingerprint density at radius 1 is 1.40 bits per heavy atom. The van der Waals surface area contributed by atoms with Gasteiger partial charge in [0.15, 0.2) is 0 Å². The average Bonchev–Trinajstić information content (AvgIpc) is 2.25. The number of ether oxygens (including phenoxy) is 1. The number of nitrogens with zero attached hydrogens (tertiary/aromatic N) is 1. The molecule has 3 nitrogen and oxygen atoms in total. The fourth-order valence-corrected chi connectivity index (χ4v) is 1.92. The van der Waals surface area contributed by atoms with Crippen molar-refractivity contribution in [1.82, 2.24) is 4.90 Å². The van der Waals surface area contributed by atoms with Crippen LogP contribution in [0.1, 0.15) is 41.0 Å². The molecule has 0 aromatic rings. The number of esters is 1. The van der Waals surface area contributed by atoms with Crippen LogP contribution in [0.3, 0.4) is 0 Å². The first-order valence-electron chi connectivity index (χ1n) is 5.62. The van der Waals surface area contributed by atoms with E-state index in [9.17, 15) is 4.79 Å². The van der Waals surface area contributed by atoms with Crippen LogP contribution in [0.5, 0.6) is 0 Å². The maximum atomic E-state index is 11.6. The molecule has 0 N–H and O–H groups in total. The van der Waals surface area contributed by atoms with E-state index in [0.717, 1.165) is 19.5 Å². The molecule has 0 spiro atoms. The van der Waals surface area contributed by atoms with Gasteiger partial charge in [-0.05, 0) is 39.2 Å². The Morgan fingerprint density at radius 2 is 2.00 bits per heavy atom. The van der Waals surface area contributed by atoms with Crippen LogP contribution < -0.4 is 0 Å². The zero-order chi connectivity index (χ0) is 11.7. The lowest BCUT2D eigenvalue weighted by atomic mass is 9.93. The molecule has 0 amide bonds. The first-order chi connectivity index (χ1) is 6.68. The molecule has 0 aliphatic carbocycles. The van der Waals surface area contributed by atoms with Crippen LogP contribution in [0.4, 0.5) is 0 Å². The van der Waals surface area contributed by atoms with E-state index in [4.69, 9.17) is 4.74 Å². The third-order valence-electron chi connectivity index (χ3n) is 2.53. The van der Waals surface area contributed by atoms with Crippen molar-refractivity contribution in [3.05, 3.63) is 0 Å². The van der Waals surface area contributed by atoms with Crippen molar-refractivity contribution < 1.29 is 9.53 Å². The quantitative estimate of drug-likeness (QED) is 0.658. The summed E-state index contributed by atoms with van der Waals surface area (Å²) in [5.41, 5.74) is -0.0195. The monoisotopic (exact) mass is 213 g/mol. The minimum atomic E-state index is -0.369. The van der Waals surface area contributed by atoms with E-state index in [1.807, 2.05) is 20.8 Å². The lowest BCUT2D eigenvalue weighted by molar-refractivity contribution is -0.155. The van der Waals surface area contributed by atoms with Gasteiger partial charge in [-0.2, -0.15) is 0 Å². The number of rotatable bonds is 2. The normalized spacial score (nSPS) is 21.7. The van der Waals surface area contributed by atoms with Gasteiger partial charge in [0.2, 0.25) is 0 Å². The maximum absolute atomic E-state index is 11.6. The molecular weight excluding hydrogens is 190 g/mol. The predicted octanol–water partition coefficient (Wildman–Crippen LogP) is 2.06. The van der Waals surface area contributed by atoms with Crippen LogP contribution in [-0.2, 0) is 9.53 Å². The summed E-state index contributed by atoms with van der Waals surface area (Å²) < 4.78 is 5.29. The van der Waals surface area contributed by atoms with Crippen molar-refractivity contribution in [3.63, 3.8) is 0 Å². The van der Waals surface area contributed by atoms with Crippen LogP contribution in [0, 0.1) is 5.41 Å². The number of carbonyl (C=O) groups is 1. The number of likely N-dealkylation sites (tertiary alicyclic amines) is 1. The second kappa shape index (κ2) is 4.12. The van der Waals surface area contributed by atoms with Crippen LogP contribution in [0.15, 0.2) is 0 Å². The summed E-state index contributed by atoms with van der Waals surface area (Å²) >= 11 is 0. The van der Waals surface area contributed by atoms with Gasteiger partial charge in [0, 0.05) is 6.54 Å². The molecule has 0 aromatic heterocycles. The van der Waals surface area contributed by atoms with E-state index >= 15 is 0 Å². The SMILES string of the molecule is CC1(C)CCN(CC(=O)OC(C)(C)C)C1. The van der Waals surface area contributed by atoms with Crippen molar-refractivity contribution in [3.8, 4) is 0 Å². The first-order valence-corrected chi connectivity index (χ1v) is 5.62. The molecule has 88 valence electrons. The molecule has 1 rings (SSSR count). The van der Waals surface area contributed by atoms with E-state index < -0.39 is 0 Å². The van der Waals surface area contributed by atoms with Crippen LogP contribution in [0.25, 0.3) is 0 Å². The Morgan fingerprint density at radius 3 is 2.40 bits per heavy atom. The highest BCUT2D eigenvalue weighted by atomic mass is 16.6. The van der Waals surface area contributed by atoms with E-state index in [1.165, 1.54) is 0 Å². The van der Waals surface area contributed by atoms with Gasteiger partial charge in [-0.25, -0.2) is 0 Å². The van der Waals surface area contributed by atoms with Crippen molar-refractivity contribution >= 4 is 5.97 Å². The second-order valence-electron chi connectivity index (χ2n) is 6.21. The lowest BCUT2D eigenvalue weighted by Crippen LogP contribution is -2.34. The molecular formula is C12H23NO2. The summed E-state index contributed by atoms with van der Waals surface area (Å²) in [6.45, 7) is 12.6. The maximum Gasteiger partial charge on any atom is 0.320 e. The highest BCUT2D eigenvalue weighted by Gasteiger charge is 2.31. The molecule has 0 saturated carbocycles. The number of hydrogen-bond acceptors (Lipinski definition) is 3. The van der Waals surface area contributed by atoms with Gasteiger partial charge in [0.25, 0.3) is 0 Å². The van der Waals surface area contributed by atoms with Crippen molar-refractivity contribution in [1.29, 1.82) is 0 Å². The molecule has 0 aromatic carbocycles. The van der Waals surface area contributed by atoms with Gasteiger partial charge in [-0.1, -0.05) is 13.8 Å². The summed E-state index contributed by atoms with van der Waals surface area (Å²) in [4.78, 5) is 13.7. The Hall–Kier alpha value is -0.570. The molecule has 3 heteroatoms. The number of hydrogen-bond donors (Lipinski definition) is 0. The summed E-state index contributed by atoms with van der Waals surface area (Å²) in [5.74, 6) is -0.111. The highest BCUT2D eigenvalue weighted by Crippen LogP contribution is 2.28. The smallest absolute Gasteiger partial charge is 0.320 e. The molecule has 0 radical (unpaired) electrons. The Kier molecular flexibility index (Phi) is 3.44. The predicted molar refractivity (Wildman–Crippen MR) is 60.7 cm³/mol. The molecule has 15 heavy (non-hydrogen) atoms. The highest BCUT2D eigenvalue weighted by molar-refractivity contribution is 5.72. The Labute approximate surface area is 92.8 Å². The van der Waals surface area contributed by atoms with Crippen molar-refractivity contribution in [2.75, 3.05) is 19.6 Å². The van der Waals surface area contributed by atoms with Crippen molar-refractivity contribution in [2.24, 2.45) is 5.41 Å². The number of carbonyl (C=O) groups excluding carboxylic acids is 1. The second-order valence-corrected chi connectivity index (χ2v) is 6.21. The molecule has 0 unspecified atom stereocenters. The topological polar surface area (TPSA) is 29.5 Å². The van der Waals surface area contributed by atoms with Crippen molar-refractivity contribution in [2.45, 2.75) is 46.6 Å². The molecule has 0 atom stereocenters. The minimum Gasteiger partial charge on any atom is -0.459 e. The molecule has 1 aliphatic heterocycles. The van der Waals surface area contributed by atoms with E-state index in [1.54, 1.807) is 0 Å². The fraction of sp³-hybridized carbons (Fsp3) is 0.917. The standard InChI is InChI=1S/C12H23NO2/c1-11(2,3)15-10(14)8-13-7-6-12(4,5)9-13/h6-9H2,1-5H3.